The average Bonchev–Trinajstić information content (AvgIpc) is 2.53. The van der Waals surface area contributed by atoms with E-state index in [0.717, 1.165) is 25.7 Å². The molecule has 1 fully saturated rings. The van der Waals surface area contributed by atoms with Gasteiger partial charge in [0.2, 0.25) is 0 Å². The van der Waals surface area contributed by atoms with Crippen molar-refractivity contribution in [2.24, 2.45) is 0 Å². The van der Waals surface area contributed by atoms with Gasteiger partial charge in [0.1, 0.15) is 0 Å². The van der Waals surface area contributed by atoms with Crippen LogP contribution in [0.4, 0.5) is 0 Å². The van der Waals surface area contributed by atoms with Gasteiger partial charge in [0.25, 0.3) is 5.56 Å². The largest absolute Gasteiger partial charge is 0.332 e. The van der Waals surface area contributed by atoms with Crippen LogP contribution >= 0.6 is 0 Å². The Hall–Kier alpha value is -2.10. The number of rotatable bonds is 3. The minimum atomic E-state index is -0.203. The van der Waals surface area contributed by atoms with E-state index in [2.05, 4.69) is 6.58 Å². The lowest BCUT2D eigenvalue weighted by Gasteiger charge is -2.24. The molecule has 0 atom stereocenters. The summed E-state index contributed by atoms with van der Waals surface area (Å²) in [5, 5.41) is 0.615. The lowest BCUT2D eigenvalue weighted by molar-refractivity contribution is 0.333. The zero-order valence-corrected chi connectivity index (χ0v) is 12.1. The summed E-state index contributed by atoms with van der Waals surface area (Å²) >= 11 is 0. The molecule has 21 heavy (non-hydrogen) atoms. The molecule has 2 aromatic rings. The van der Waals surface area contributed by atoms with E-state index in [9.17, 15) is 9.59 Å². The number of aromatic nitrogens is 2. The number of allylic oxidation sites excluding steroid dienone is 1. The highest BCUT2D eigenvalue weighted by molar-refractivity contribution is 5.77. The fraction of sp³-hybridized carbons (Fsp3) is 0.412. The molecular formula is C17H20N2O2. The monoisotopic (exact) mass is 284 g/mol. The van der Waals surface area contributed by atoms with Crippen molar-refractivity contribution in [3.05, 3.63) is 57.8 Å². The Labute approximate surface area is 123 Å². The maximum absolute atomic E-state index is 12.8. The Morgan fingerprint density at radius 1 is 1.14 bits per heavy atom. The van der Waals surface area contributed by atoms with Crippen LogP contribution in [0.15, 0.2) is 46.5 Å². The van der Waals surface area contributed by atoms with Crippen molar-refractivity contribution < 1.29 is 0 Å². The van der Waals surface area contributed by atoms with Crippen LogP contribution in [0.5, 0.6) is 0 Å². The maximum atomic E-state index is 12.8. The molecule has 1 aromatic carbocycles. The van der Waals surface area contributed by atoms with E-state index in [4.69, 9.17) is 0 Å². The number of para-hydroxylation sites is 1. The van der Waals surface area contributed by atoms with Crippen LogP contribution in [0.3, 0.4) is 0 Å². The van der Waals surface area contributed by atoms with Crippen LogP contribution in [0, 0.1) is 0 Å². The summed E-state index contributed by atoms with van der Waals surface area (Å²) in [4.78, 5) is 25.5. The van der Waals surface area contributed by atoms with Gasteiger partial charge in [0, 0.05) is 12.6 Å². The molecule has 0 unspecified atom stereocenters. The minimum absolute atomic E-state index is 0.0411. The van der Waals surface area contributed by atoms with Crippen molar-refractivity contribution in [1.29, 1.82) is 0 Å². The van der Waals surface area contributed by atoms with Crippen molar-refractivity contribution in [2.75, 3.05) is 0 Å². The van der Waals surface area contributed by atoms with Crippen molar-refractivity contribution in [3.63, 3.8) is 0 Å². The van der Waals surface area contributed by atoms with Crippen molar-refractivity contribution >= 4 is 10.9 Å². The van der Waals surface area contributed by atoms with Crippen molar-refractivity contribution in [3.8, 4) is 0 Å². The van der Waals surface area contributed by atoms with Crippen LogP contribution in [-0.4, -0.2) is 9.13 Å². The molecule has 0 amide bonds. The van der Waals surface area contributed by atoms with Crippen LogP contribution in [-0.2, 0) is 6.54 Å². The second kappa shape index (κ2) is 5.72. The Kier molecular flexibility index (Phi) is 3.78. The zero-order valence-electron chi connectivity index (χ0n) is 12.1. The van der Waals surface area contributed by atoms with Crippen molar-refractivity contribution in [1.82, 2.24) is 9.13 Å². The van der Waals surface area contributed by atoms with E-state index in [1.54, 1.807) is 16.7 Å². The summed E-state index contributed by atoms with van der Waals surface area (Å²) in [7, 11) is 0. The molecular weight excluding hydrogens is 264 g/mol. The van der Waals surface area contributed by atoms with Crippen LogP contribution < -0.4 is 11.2 Å². The third kappa shape index (κ3) is 2.35. The summed E-state index contributed by atoms with van der Waals surface area (Å²) in [6.45, 7) is 4.14. The SMILES string of the molecule is C=CCn1c(=O)n(C2CCCCC2)c(=O)c2ccccc21. The fourth-order valence-corrected chi connectivity index (χ4v) is 3.31. The van der Waals surface area contributed by atoms with E-state index in [-0.39, 0.29) is 17.3 Å². The number of hydrogen-bond donors (Lipinski definition) is 0. The van der Waals surface area contributed by atoms with Crippen molar-refractivity contribution in [2.45, 2.75) is 44.7 Å². The first-order valence-corrected chi connectivity index (χ1v) is 7.59. The highest BCUT2D eigenvalue weighted by Gasteiger charge is 2.21. The van der Waals surface area contributed by atoms with Gasteiger partial charge >= 0.3 is 5.69 Å². The molecule has 3 rings (SSSR count). The summed E-state index contributed by atoms with van der Waals surface area (Å²) in [5.74, 6) is 0. The maximum Gasteiger partial charge on any atom is 0.332 e. The molecule has 0 aliphatic heterocycles. The number of fused-ring (bicyclic) bond motifs is 1. The molecule has 4 heteroatoms. The van der Waals surface area contributed by atoms with E-state index in [1.807, 2.05) is 18.2 Å². The van der Waals surface area contributed by atoms with Gasteiger partial charge in [-0.15, -0.1) is 6.58 Å². The fourth-order valence-electron chi connectivity index (χ4n) is 3.31. The summed E-state index contributed by atoms with van der Waals surface area (Å²) in [6, 6.07) is 7.37. The van der Waals surface area contributed by atoms with Gasteiger partial charge < -0.3 is 0 Å². The predicted octanol–water partition coefficient (Wildman–Crippen LogP) is 2.85. The molecule has 0 spiro atoms. The van der Waals surface area contributed by atoms with Gasteiger partial charge in [-0.3, -0.25) is 13.9 Å². The quantitative estimate of drug-likeness (QED) is 0.813. The van der Waals surface area contributed by atoms with Crippen LogP contribution in [0.2, 0.25) is 0 Å². The van der Waals surface area contributed by atoms with E-state index >= 15 is 0 Å². The molecule has 1 aliphatic rings. The molecule has 1 heterocycles. The molecule has 1 aliphatic carbocycles. The summed E-state index contributed by atoms with van der Waals surface area (Å²) in [6.07, 6.45) is 6.90. The number of hydrogen-bond acceptors (Lipinski definition) is 2. The highest BCUT2D eigenvalue weighted by atomic mass is 16.2. The Bertz CT molecular complexity index is 779. The summed E-state index contributed by atoms with van der Waals surface area (Å²) < 4.78 is 3.13. The third-order valence-electron chi connectivity index (χ3n) is 4.33. The molecule has 0 saturated heterocycles. The molecule has 4 nitrogen and oxygen atoms in total. The number of benzene rings is 1. The Morgan fingerprint density at radius 2 is 1.86 bits per heavy atom. The van der Waals surface area contributed by atoms with Crippen LogP contribution in [0.1, 0.15) is 38.1 Å². The first-order chi connectivity index (χ1) is 10.2. The standard InChI is InChI=1S/C17H20N2O2/c1-2-12-18-15-11-7-6-10-14(15)16(20)19(17(18)21)13-8-4-3-5-9-13/h2,6-7,10-11,13H,1,3-5,8-9,12H2. The first-order valence-electron chi connectivity index (χ1n) is 7.59. The van der Waals surface area contributed by atoms with Gasteiger partial charge in [0.15, 0.2) is 0 Å². The smallest absolute Gasteiger partial charge is 0.289 e. The van der Waals surface area contributed by atoms with E-state index in [1.165, 1.54) is 11.0 Å². The first kappa shape index (κ1) is 13.9. The minimum Gasteiger partial charge on any atom is -0.289 e. The average molecular weight is 284 g/mol. The topological polar surface area (TPSA) is 44.0 Å². The van der Waals surface area contributed by atoms with Crippen LogP contribution in [0.25, 0.3) is 10.9 Å². The number of nitrogens with zero attached hydrogens (tertiary/aromatic N) is 2. The second-order valence-corrected chi connectivity index (χ2v) is 5.67. The predicted molar refractivity (Wildman–Crippen MR) is 84.8 cm³/mol. The molecule has 0 N–H and O–H groups in total. The van der Waals surface area contributed by atoms with E-state index in [0.29, 0.717) is 17.4 Å². The van der Waals surface area contributed by atoms with E-state index < -0.39 is 0 Å². The normalized spacial score (nSPS) is 16.2. The summed E-state index contributed by atoms with van der Waals surface area (Å²) in [5.41, 5.74) is 0.341. The highest BCUT2D eigenvalue weighted by Crippen LogP contribution is 2.26. The van der Waals surface area contributed by atoms with Gasteiger partial charge in [-0.05, 0) is 25.0 Å². The molecule has 0 bridgehead atoms. The molecule has 0 radical (unpaired) electrons. The van der Waals surface area contributed by atoms with Gasteiger partial charge in [-0.2, -0.15) is 0 Å². The van der Waals surface area contributed by atoms with Gasteiger partial charge in [-0.25, -0.2) is 4.79 Å². The molecule has 1 saturated carbocycles. The third-order valence-corrected chi connectivity index (χ3v) is 4.33. The second-order valence-electron chi connectivity index (χ2n) is 5.67. The Balaban J connectivity index is 2.31. The molecule has 110 valence electrons. The Morgan fingerprint density at radius 3 is 2.57 bits per heavy atom. The lowest BCUT2D eigenvalue weighted by Crippen LogP contribution is -2.42. The molecule has 1 aromatic heterocycles. The lowest BCUT2D eigenvalue weighted by atomic mass is 9.95. The van der Waals surface area contributed by atoms with Gasteiger partial charge in [0.05, 0.1) is 10.9 Å². The zero-order chi connectivity index (χ0) is 14.8. The van der Waals surface area contributed by atoms with Gasteiger partial charge in [-0.1, -0.05) is 37.5 Å².